The molecule has 1 unspecified atom stereocenters. The second-order valence-corrected chi connectivity index (χ2v) is 5.47. The summed E-state index contributed by atoms with van der Waals surface area (Å²) in [6.45, 7) is 15.7. The van der Waals surface area contributed by atoms with E-state index in [1.807, 2.05) is 64.9 Å². The van der Waals surface area contributed by atoms with Gasteiger partial charge in [0, 0.05) is 12.6 Å². The quantitative estimate of drug-likeness (QED) is 0.532. The van der Waals surface area contributed by atoms with Crippen molar-refractivity contribution in [1.29, 1.82) is 0 Å². The van der Waals surface area contributed by atoms with Gasteiger partial charge in [0.15, 0.2) is 0 Å². The Kier molecular flexibility index (Phi) is 16.8. The first kappa shape index (κ1) is 24.7. The summed E-state index contributed by atoms with van der Waals surface area (Å²) in [4.78, 5) is 16.3. The molecule has 24 heavy (non-hydrogen) atoms. The topological polar surface area (TPSA) is 32.8 Å². The third-order valence-corrected chi connectivity index (χ3v) is 3.52. The van der Waals surface area contributed by atoms with Gasteiger partial charge in [0.2, 0.25) is 0 Å². The van der Waals surface area contributed by atoms with E-state index in [-0.39, 0.29) is 18.7 Å². The summed E-state index contributed by atoms with van der Waals surface area (Å²) in [5.74, 6) is 0. The molecule has 0 rings (SSSR count). The molecule has 0 N–H and O–H groups in total. The van der Waals surface area contributed by atoms with E-state index in [9.17, 15) is 4.79 Å². The molecule has 1 atom stereocenters. The van der Waals surface area contributed by atoms with Gasteiger partial charge in [0.1, 0.15) is 6.61 Å². The van der Waals surface area contributed by atoms with Crippen LogP contribution in [-0.2, 0) is 4.74 Å². The van der Waals surface area contributed by atoms with Crippen molar-refractivity contribution in [3.05, 3.63) is 36.5 Å². The van der Waals surface area contributed by atoms with Crippen LogP contribution in [0, 0.1) is 0 Å². The molecule has 0 saturated heterocycles. The number of amides is 1. The van der Waals surface area contributed by atoms with Crippen molar-refractivity contribution in [2.45, 2.75) is 53.5 Å². The maximum atomic E-state index is 12.3. The first-order chi connectivity index (χ1) is 11.5. The number of carbonyl (C=O) groups is 1. The van der Waals surface area contributed by atoms with Crippen molar-refractivity contribution >= 4 is 6.09 Å². The van der Waals surface area contributed by atoms with Gasteiger partial charge in [-0.15, -0.1) is 0 Å². The number of carbonyl (C=O) groups excluding carboxylic acids is 1. The molecular formula is C20H38N2O2. The summed E-state index contributed by atoms with van der Waals surface area (Å²) < 4.78 is 5.43. The Morgan fingerprint density at radius 3 is 2.29 bits per heavy atom. The largest absolute Gasteiger partial charge is 0.445 e. The number of hydrogen-bond acceptors (Lipinski definition) is 3. The predicted molar refractivity (Wildman–Crippen MR) is 105 cm³/mol. The third-order valence-electron chi connectivity index (χ3n) is 3.52. The van der Waals surface area contributed by atoms with E-state index in [4.69, 9.17) is 4.74 Å². The van der Waals surface area contributed by atoms with Crippen LogP contribution < -0.4 is 0 Å². The lowest BCUT2D eigenvalue weighted by atomic mass is 10.1. The summed E-state index contributed by atoms with van der Waals surface area (Å²) >= 11 is 0. The van der Waals surface area contributed by atoms with E-state index in [2.05, 4.69) is 18.4 Å². The maximum Gasteiger partial charge on any atom is 0.410 e. The van der Waals surface area contributed by atoms with Crippen LogP contribution in [0.25, 0.3) is 0 Å². The average Bonchev–Trinajstić information content (AvgIpc) is 2.60. The Balaban J connectivity index is 0. The van der Waals surface area contributed by atoms with Crippen molar-refractivity contribution in [2.24, 2.45) is 0 Å². The van der Waals surface area contributed by atoms with Gasteiger partial charge in [-0.3, -0.25) is 0 Å². The van der Waals surface area contributed by atoms with Crippen molar-refractivity contribution in [1.82, 2.24) is 9.80 Å². The Hall–Kier alpha value is -1.55. The lowest BCUT2D eigenvalue weighted by Gasteiger charge is -2.30. The fourth-order valence-electron chi connectivity index (χ4n) is 2.15. The van der Waals surface area contributed by atoms with Gasteiger partial charge in [0.05, 0.1) is 0 Å². The van der Waals surface area contributed by atoms with Crippen LogP contribution in [0.2, 0.25) is 0 Å². The third kappa shape index (κ3) is 11.1. The molecule has 0 fully saturated rings. The highest BCUT2D eigenvalue weighted by molar-refractivity contribution is 5.68. The van der Waals surface area contributed by atoms with Crippen LogP contribution in [0.1, 0.15) is 47.5 Å². The second kappa shape index (κ2) is 16.3. The lowest BCUT2D eigenvalue weighted by Crippen LogP contribution is -2.41. The molecular weight excluding hydrogens is 300 g/mol. The highest BCUT2D eigenvalue weighted by Crippen LogP contribution is 2.12. The summed E-state index contributed by atoms with van der Waals surface area (Å²) in [7, 11) is 4.09. The zero-order valence-electron chi connectivity index (χ0n) is 16.8. The Morgan fingerprint density at radius 1 is 1.25 bits per heavy atom. The van der Waals surface area contributed by atoms with Crippen molar-refractivity contribution in [2.75, 3.05) is 33.8 Å². The van der Waals surface area contributed by atoms with E-state index in [1.165, 1.54) is 0 Å². The summed E-state index contributed by atoms with van der Waals surface area (Å²) in [5.41, 5.74) is 0.892. The normalized spacial score (nSPS) is 12.6. The van der Waals surface area contributed by atoms with Crippen LogP contribution in [0.3, 0.4) is 0 Å². The molecule has 0 saturated carbocycles. The molecule has 0 aliphatic carbocycles. The van der Waals surface area contributed by atoms with Crippen molar-refractivity contribution in [3.63, 3.8) is 0 Å². The van der Waals surface area contributed by atoms with Crippen LogP contribution >= 0.6 is 0 Å². The van der Waals surface area contributed by atoms with Crippen LogP contribution in [0.5, 0.6) is 0 Å². The van der Waals surface area contributed by atoms with Crippen molar-refractivity contribution < 1.29 is 9.53 Å². The van der Waals surface area contributed by atoms with Crippen LogP contribution in [-0.4, -0.2) is 55.7 Å². The number of hydrogen-bond donors (Lipinski definition) is 0. The summed E-state index contributed by atoms with van der Waals surface area (Å²) in [5, 5.41) is 0. The predicted octanol–water partition coefficient (Wildman–Crippen LogP) is 4.89. The van der Waals surface area contributed by atoms with Gasteiger partial charge in [-0.05, 0) is 52.9 Å². The smallest absolute Gasteiger partial charge is 0.410 e. The number of rotatable bonds is 10. The van der Waals surface area contributed by atoms with Crippen LogP contribution in [0.4, 0.5) is 4.79 Å². The highest BCUT2D eigenvalue weighted by Gasteiger charge is 2.22. The van der Waals surface area contributed by atoms with Gasteiger partial charge in [-0.25, -0.2) is 4.79 Å². The molecule has 0 heterocycles. The Bertz CT molecular complexity index is 387. The van der Waals surface area contributed by atoms with E-state index < -0.39 is 0 Å². The first-order valence-corrected chi connectivity index (χ1v) is 9.02. The maximum absolute atomic E-state index is 12.3. The highest BCUT2D eigenvalue weighted by atomic mass is 16.6. The summed E-state index contributed by atoms with van der Waals surface area (Å²) in [6.07, 6.45) is 9.09. The van der Waals surface area contributed by atoms with Crippen LogP contribution in [0.15, 0.2) is 36.5 Å². The van der Waals surface area contributed by atoms with E-state index in [1.54, 1.807) is 6.08 Å². The molecule has 0 aromatic heterocycles. The molecule has 0 aliphatic heterocycles. The van der Waals surface area contributed by atoms with Gasteiger partial charge in [-0.1, -0.05) is 51.7 Å². The average molecular weight is 339 g/mol. The van der Waals surface area contributed by atoms with Gasteiger partial charge >= 0.3 is 6.09 Å². The van der Waals surface area contributed by atoms with E-state index in [0.717, 1.165) is 25.0 Å². The second-order valence-electron chi connectivity index (χ2n) is 5.47. The first-order valence-electron chi connectivity index (χ1n) is 9.02. The molecule has 140 valence electrons. The molecule has 0 aromatic rings. The monoisotopic (exact) mass is 338 g/mol. The van der Waals surface area contributed by atoms with Crippen molar-refractivity contribution in [3.8, 4) is 0 Å². The molecule has 0 radical (unpaired) electrons. The minimum Gasteiger partial charge on any atom is -0.445 e. The Labute approximate surface area is 149 Å². The minimum absolute atomic E-state index is 0.214. The zero-order valence-corrected chi connectivity index (χ0v) is 16.8. The number of allylic oxidation sites excluding steroid dienone is 3. The minimum atomic E-state index is -0.249. The zero-order chi connectivity index (χ0) is 19.0. The molecule has 0 spiro atoms. The lowest BCUT2D eigenvalue weighted by molar-refractivity contribution is 0.0907. The standard InChI is InChI=1S/C18H32N2O2.C2H6/c1-7-11-12-16(8-2)15-22-18(21)20(10-4)17(9-3)13-14-19(5)6;1-2/h7-8,11-12,17H,2,9-10,13-15H2,1,3-6H3;1-2H3/b11-7-,16-12+;. The SMILES string of the molecule is C=C/C(=C\C=C/C)COC(=O)N(CC)C(CC)CCN(C)C.CC. The van der Waals surface area contributed by atoms with E-state index in [0.29, 0.717) is 6.54 Å². The molecule has 0 aliphatic rings. The van der Waals surface area contributed by atoms with Gasteiger partial charge < -0.3 is 14.5 Å². The number of nitrogens with zero attached hydrogens (tertiary/aromatic N) is 2. The number of ether oxygens (including phenoxy) is 1. The molecule has 4 heteroatoms. The van der Waals surface area contributed by atoms with Gasteiger partial charge in [0.25, 0.3) is 0 Å². The Morgan fingerprint density at radius 2 is 1.88 bits per heavy atom. The fraction of sp³-hybridized carbons (Fsp3) is 0.650. The van der Waals surface area contributed by atoms with E-state index >= 15 is 0 Å². The van der Waals surface area contributed by atoms with Gasteiger partial charge in [-0.2, -0.15) is 0 Å². The molecule has 4 nitrogen and oxygen atoms in total. The summed E-state index contributed by atoms with van der Waals surface area (Å²) in [6, 6.07) is 0.214. The molecule has 0 aromatic carbocycles. The molecule has 0 bridgehead atoms. The fourth-order valence-corrected chi connectivity index (χ4v) is 2.15. The molecule has 1 amide bonds.